The molecule has 0 unspecified atom stereocenters. The SMILES string of the molecule is CCOc1ccc(Nc2cnnc(NCCc3cccc(OC)c3)n2)cc1. The number of hydrogen-bond donors (Lipinski definition) is 2. The average Bonchev–Trinajstić information content (AvgIpc) is 2.70. The first-order chi connectivity index (χ1) is 13.3. The van der Waals surface area contributed by atoms with E-state index in [9.17, 15) is 0 Å². The van der Waals surface area contributed by atoms with Crippen molar-refractivity contribution in [2.45, 2.75) is 13.3 Å². The molecule has 0 amide bonds. The van der Waals surface area contributed by atoms with Crippen molar-refractivity contribution >= 4 is 17.5 Å². The van der Waals surface area contributed by atoms with Crippen LogP contribution in [0.4, 0.5) is 17.5 Å². The normalized spacial score (nSPS) is 10.3. The van der Waals surface area contributed by atoms with Crippen molar-refractivity contribution in [1.82, 2.24) is 15.2 Å². The van der Waals surface area contributed by atoms with Gasteiger partial charge in [0.25, 0.3) is 0 Å². The molecule has 1 heterocycles. The average molecular weight is 365 g/mol. The number of ether oxygens (including phenoxy) is 2. The van der Waals surface area contributed by atoms with Gasteiger partial charge in [0.15, 0.2) is 5.82 Å². The van der Waals surface area contributed by atoms with Crippen LogP contribution in [0.5, 0.6) is 11.5 Å². The first-order valence-corrected chi connectivity index (χ1v) is 8.83. The fraction of sp³-hybridized carbons (Fsp3) is 0.250. The summed E-state index contributed by atoms with van der Waals surface area (Å²) in [5.41, 5.74) is 2.08. The van der Waals surface area contributed by atoms with Crippen LogP contribution < -0.4 is 20.1 Å². The third kappa shape index (κ3) is 5.57. The van der Waals surface area contributed by atoms with Gasteiger partial charge in [0.05, 0.1) is 19.9 Å². The van der Waals surface area contributed by atoms with Crippen LogP contribution >= 0.6 is 0 Å². The van der Waals surface area contributed by atoms with Crippen LogP contribution in [0, 0.1) is 0 Å². The molecule has 2 aromatic carbocycles. The van der Waals surface area contributed by atoms with Gasteiger partial charge in [-0.15, -0.1) is 5.10 Å². The zero-order valence-corrected chi connectivity index (χ0v) is 15.5. The van der Waals surface area contributed by atoms with Crippen LogP contribution in [-0.4, -0.2) is 35.4 Å². The third-order valence-electron chi connectivity index (χ3n) is 3.83. The van der Waals surface area contributed by atoms with E-state index in [0.717, 1.165) is 23.6 Å². The summed E-state index contributed by atoms with van der Waals surface area (Å²) < 4.78 is 10.7. The second-order valence-corrected chi connectivity index (χ2v) is 5.78. The van der Waals surface area contributed by atoms with Crippen LogP contribution in [0.25, 0.3) is 0 Å². The molecule has 27 heavy (non-hydrogen) atoms. The lowest BCUT2D eigenvalue weighted by Crippen LogP contribution is -2.09. The summed E-state index contributed by atoms with van der Waals surface area (Å²) in [5, 5.41) is 14.4. The molecule has 2 N–H and O–H groups in total. The summed E-state index contributed by atoms with van der Waals surface area (Å²) in [5.74, 6) is 2.79. The van der Waals surface area contributed by atoms with Gasteiger partial charge >= 0.3 is 0 Å². The Balaban J connectivity index is 1.55. The Bertz CT molecular complexity index is 855. The predicted octanol–water partition coefficient (Wildman–Crippen LogP) is 3.68. The number of hydrogen-bond acceptors (Lipinski definition) is 7. The van der Waals surface area contributed by atoms with Gasteiger partial charge in [0.1, 0.15) is 11.5 Å². The zero-order chi connectivity index (χ0) is 18.9. The van der Waals surface area contributed by atoms with Crippen LogP contribution in [-0.2, 0) is 6.42 Å². The maximum absolute atomic E-state index is 5.44. The van der Waals surface area contributed by atoms with Crippen LogP contribution in [0.3, 0.4) is 0 Å². The lowest BCUT2D eigenvalue weighted by Gasteiger charge is -2.09. The number of rotatable bonds is 9. The summed E-state index contributed by atoms with van der Waals surface area (Å²) >= 11 is 0. The first-order valence-electron chi connectivity index (χ1n) is 8.83. The quantitative estimate of drug-likeness (QED) is 0.599. The Morgan fingerprint density at radius 1 is 1.04 bits per heavy atom. The molecule has 0 fully saturated rings. The highest BCUT2D eigenvalue weighted by Crippen LogP contribution is 2.19. The molecule has 7 heteroatoms. The maximum atomic E-state index is 5.44. The first kappa shape index (κ1) is 18.4. The molecule has 0 aliphatic heterocycles. The van der Waals surface area contributed by atoms with E-state index >= 15 is 0 Å². The molecular formula is C20H23N5O2. The van der Waals surface area contributed by atoms with Gasteiger partial charge < -0.3 is 20.1 Å². The second kappa shape index (κ2) is 9.38. The van der Waals surface area contributed by atoms with E-state index in [4.69, 9.17) is 9.47 Å². The van der Waals surface area contributed by atoms with Gasteiger partial charge in [-0.2, -0.15) is 10.1 Å². The van der Waals surface area contributed by atoms with Crippen molar-refractivity contribution in [3.8, 4) is 11.5 Å². The van der Waals surface area contributed by atoms with Gasteiger partial charge in [0.2, 0.25) is 5.95 Å². The molecular weight excluding hydrogens is 342 g/mol. The topological polar surface area (TPSA) is 81.2 Å². The standard InChI is InChI=1S/C20H23N5O2/c1-3-27-17-9-7-16(8-10-17)23-19-14-22-25-20(24-19)21-12-11-15-5-4-6-18(13-15)26-2/h4-10,13-14H,3,11-12H2,1-2H3,(H2,21,23,24,25). The van der Waals surface area contributed by atoms with E-state index in [2.05, 4.69) is 31.9 Å². The van der Waals surface area contributed by atoms with Crippen LogP contribution in [0.2, 0.25) is 0 Å². The van der Waals surface area contributed by atoms with Crippen molar-refractivity contribution in [2.75, 3.05) is 30.9 Å². The van der Waals surface area contributed by atoms with Crippen LogP contribution in [0.1, 0.15) is 12.5 Å². The fourth-order valence-corrected chi connectivity index (χ4v) is 2.53. The van der Waals surface area contributed by atoms with Gasteiger partial charge in [-0.1, -0.05) is 12.1 Å². The Morgan fingerprint density at radius 3 is 2.67 bits per heavy atom. The van der Waals surface area contributed by atoms with E-state index in [0.29, 0.717) is 24.9 Å². The Hall–Kier alpha value is -3.35. The minimum Gasteiger partial charge on any atom is -0.497 e. The summed E-state index contributed by atoms with van der Waals surface area (Å²) in [6.45, 7) is 3.30. The highest BCUT2D eigenvalue weighted by atomic mass is 16.5. The number of nitrogens with zero attached hydrogens (tertiary/aromatic N) is 3. The van der Waals surface area contributed by atoms with Crippen molar-refractivity contribution < 1.29 is 9.47 Å². The predicted molar refractivity (Wildman–Crippen MR) is 106 cm³/mol. The second-order valence-electron chi connectivity index (χ2n) is 5.78. The summed E-state index contributed by atoms with van der Waals surface area (Å²) in [6, 6.07) is 15.7. The molecule has 0 atom stereocenters. The smallest absolute Gasteiger partial charge is 0.244 e. The Morgan fingerprint density at radius 2 is 1.89 bits per heavy atom. The molecule has 0 saturated carbocycles. The van der Waals surface area contributed by atoms with Gasteiger partial charge in [-0.25, -0.2) is 0 Å². The van der Waals surface area contributed by atoms with Crippen molar-refractivity contribution in [3.63, 3.8) is 0 Å². The number of nitrogens with one attached hydrogen (secondary N) is 2. The Kier molecular flexibility index (Phi) is 6.40. The molecule has 1 aromatic heterocycles. The van der Waals surface area contributed by atoms with Gasteiger partial charge in [-0.05, 0) is 55.3 Å². The molecule has 7 nitrogen and oxygen atoms in total. The molecule has 0 radical (unpaired) electrons. The highest BCUT2D eigenvalue weighted by molar-refractivity contribution is 5.57. The number of aromatic nitrogens is 3. The number of methoxy groups -OCH3 is 1. The Labute approximate surface area is 158 Å². The fourth-order valence-electron chi connectivity index (χ4n) is 2.53. The molecule has 0 bridgehead atoms. The van der Waals surface area contributed by atoms with E-state index < -0.39 is 0 Å². The molecule has 3 rings (SSSR count). The van der Waals surface area contributed by atoms with Gasteiger partial charge in [-0.3, -0.25) is 0 Å². The van der Waals surface area contributed by atoms with Crippen molar-refractivity contribution in [1.29, 1.82) is 0 Å². The number of anilines is 3. The van der Waals surface area contributed by atoms with Crippen molar-refractivity contribution in [3.05, 3.63) is 60.3 Å². The van der Waals surface area contributed by atoms with E-state index in [1.54, 1.807) is 13.3 Å². The van der Waals surface area contributed by atoms with Gasteiger partial charge in [0, 0.05) is 12.2 Å². The minimum atomic E-state index is 0.480. The largest absolute Gasteiger partial charge is 0.497 e. The molecule has 3 aromatic rings. The molecule has 0 aliphatic carbocycles. The lowest BCUT2D eigenvalue weighted by molar-refractivity contribution is 0.340. The van der Waals surface area contributed by atoms with E-state index in [1.807, 2.05) is 49.4 Å². The molecule has 0 aliphatic rings. The lowest BCUT2D eigenvalue weighted by atomic mass is 10.1. The molecule has 0 saturated heterocycles. The summed E-state index contributed by atoms with van der Waals surface area (Å²) in [7, 11) is 1.67. The molecule has 140 valence electrons. The van der Waals surface area contributed by atoms with E-state index in [-0.39, 0.29) is 0 Å². The summed E-state index contributed by atoms with van der Waals surface area (Å²) in [6.07, 6.45) is 2.42. The minimum absolute atomic E-state index is 0.480. The zero-order valence-electron chi connectivity index (χ0n) is 15.5. The monoisotopic (exact) mass is 365 g/mol. The van der Waals surface area contributed by atoms with E-state index in [1.165, 1.54) is 5.56 Å². The number of benzene rings is 2. The van der Waals surface area contributed by atoms with Crippen molar-refractivity contribution in [2.24, 2.45) is 0 Å². The maximum Gasteiger partial charge on any atom is 0.244 e. The highest BCUT2D eigenvalue weighted by Gasteiger charge is 2.02. The summed E-state index contributed by atoms with van der Waals surface area (Å²) in [4.78, 5) is 4.44. The third-order valence-corrected chi connectivity index (χ3v) is 3.83. The van der Waals surface area contributed by atoms with Crippen LogP contribution in [0.15, 0.2) is 54.7 Å². The molecule has 0 spiro atoms.